The van der Waals surface area contributed by atoms with Crippen LogP contribution in [0.5, 0.6) is 5.75 Å². The summed E-state index contributed by atoms with van der Waals surface area (Å²) in [7, 11) is 3.12. The highest BCUT2D eigenvalue weighted by Gasteiger charge is 2.41. The molecule has 0 fully saturated rings. The van der Waals surface area contributed by atoms with Gasteiger partial charge in [0.25, 0.3) is 0 Å². The molecule has 1 unspecified atom stereocenters. The Kier molecular flexibility index (Phi) is 6.41. The second kappa shape index (κ2) is 7.60. The lowest BCUT2D eigenvalue weighted by Crippen LogP contribution is -2.35. The minimum Gasteiger partial charge on any atom is -0.493 e. The second-order valence-corrected chi connectivity index (χ2v) is 4.41. The van der Waals surface area contributed by atoms with E-state index >= 15 is 0 Å². The van der Waals surface area contributed by atoms with Crippen molar-refractivity contribution in [2.24, 2.45) is 7.05 Å². The van der Waals surface area contributed by atoms with Gasteiger partial charge >= 0.3 is 12.3 Å². The van der Waals surface area contributed by atoms with Crippen molar-refractivity contribution >= 4 is 0 Å². The fourth-order valence-electron chi connectivity index (χ4n) is 1.84. The highest BCUT2D eigenvalue weighted by Crippen LogP contribution is 2.26. The number of nitrogens with one attached hydrogen (secondary N) is 1. The van der Waals surface area contributed by atoms with Crippen LogP contribution < -0.4 is 10.1 Å². The molecule has 0 radical (unpaired) electrons. The predicted octanol–water partition coefficient (Wildman–Crippen LogP) is 2.00. The van der Waals surface area contributed by atoms with Gasteiger partial charge in [-0.1, -0.05) is 6.92 Å². The minimum absolute atomic E-state index is 0.202. The average Bonchev–Trinajstić information content (AvgIpc) is 2.78. The lowest BCUT2D eigenvalue weighted by atomic mass is 10.2. The van der Waals surface area contributed by atoms with Crippen LogP contribution in [0.1, 0.15) is 18.7 Å². The molecule has 1 heterocycles. The zero-order valence-corrected chi connectivity index (χ0v) is 12.1. The number of likely N-dealkylation sites (N-methyl/N-ethyl adjacent to an activating group) is 1. The molecule has 0 saturated heterocycles. The van der Waals surface area contributed by atoms with Crippen LogP contribution in [0.25, 0.3) is 0 Å². The SMILES string of the molecule is CCNC(COCC(F)(F)C(F)F)c1c(OC)cnn1C. The molecule has 0 saturated carbocycles. The number of nitrogens with zero attached hydrogens (tertiary/aromatic N) is 2. The Bertz CT molecular complexity index is 440. The number of ether oxygens (including phenoxy) is 2. The molecule has 1 N–H and O–H groups in total. The molecule has 9 heteroatoms. The molecule has 0 amide bonds. The van der Waals surface area contributed by atoms with Crippen molar-refractivity contribution in [2.45, 2.75) is 25.3 Å². The van der Waals surface area contributed by atoms with E-state index in [1.807, 2.05) is 6.92 Å². The first kappa shape index (κ1) is 17.7. The molecule has 0 bridgehead atoms. The molecule has 1 aromatic heterocycles. The Labute approximate surface area is 120 Å². The summed E-state index contributed by atoms with van der Waals surface area (Å²) < 4.78 is 61.2. The third-order valence-electron chi connectivity index (χ3n) is 2.85. The number of rotatable bonds is 9. The third kappa shape index (κ3) is 4.57. The van der Waals surface area contributed by atoms with Gasteiger partial charge < -0.3 is 14.8 Å². The molecule has 0 aliphatic carbocycles. The lowest BCUT2D eigenvalue weighted by Gasteiger charge is -2.21. The van der Waals surface area contributed by atoms with Gasteiger partial charge in [0.1, 0.15) is 6.61 Å². The van der Waals surface area contributed by atoms with E-state index in [4.69, 9.17) is 9.47 Å². The van der Waals surface area contributed by atoms with E-state index in [2.05, 4.69) is 10.4 Å². The van der Waals surface area contributed by atoms with Crippen LogP contribution in [0.4, 0.5) is 17.6 Å². The summed E-state index contributed by atoms with van der Waals surface area (Å²) in [6.45, 7) is 0.815. The van der Waals surface area contributed by atoms with Crippen molar-refractivity contribution in [1.29, 1.82) is 0 Å². The van der Waals surface area contributed by atoms with Gasteiger partial charge in [0.2, 0.25) is 0 Å². The number of methoxy groups -OCH3 is 1. The molecule has 0 spiro atoms. The second-order valence-electron chi connectivity index (χ2n) is 4.41. The van der Waals surface area contributed by atoms with Crippen LogP contribution in [0.15, 0.2) is 6.20 Å². The molecule has 122 valence electrons. The highest BCUT2D eigenvalue weighted by atomic mass is 19.3. The average molecular weight is 313 g/mol. The number of aryl methyl sites for hydroxylation is 1. The van der Waals surface area contributed by atoms with Crippen LogP contribution in [-0.2, 0) is 11.8 Å². The van der Waals surface area contributed by atoms with E-state index in [1.54, 1.807) is 7.05 Å². The third-order valence-corrected chi connectivity index (χ3v) is 2.85. The summed E-state index contributed by atoms with van der Waals surface area (Å²) >= 11 is 0. The number of hydrogen-bond donors (Lipinski definition) is 1. The smallest absolute Gasteiger partial charge is 0.330 e. The normalized spacial score (nSPS) is 13.7. The number of halogens is 4. The van der Waals surface area contributed by atoms with Crippen molar-refractivity contribution in [1.82, 2.24) is 15.1 Å². The van der Waals surface area contributed by atoms with Gasteiger partial charge in [0.05, 0.1) is 31.6 Å². The van der Waals surface area contributed by atoms with E-state index < -0.39 is 25.0 Å². The van der Waals surface area contributed by atoms with Crippen molar-refractivity contribution in [3.8, 4) is 5.75 Å². The Morgan fingerprint density at radius 1 is 1.43 bits per heavy atom. The van der Waals surface area contributed by atoms with Gasteiger partial charge in [-0.05, 0) is 6.54 Å². The number of aromatic nitrogens is 2. The quantitative estimate of drug-likeness (QED) is 0.709. The van der Waals surface area contributed by atoms with Crippen LogP contribution in [0.2, 0.25) is 0 Å². The van der Waals surface area contributed by atoms with E-state index in [-0.39, 0.29) is 6.61 Å². The van der Waals surface area contributed by atoms with Gasteiger partial charge in [0, 0.05) is 7.05 Å². The Morgan fingerprint density at radius 2 is 2.10 bits per heavy atom. The molecular weight excluding hydrogens is 294 g/mol. The minimum atomic E-state index is -4.16. The van der Waals surface area contributed by atoms with Crippen molar-refractivity contribution < 1.29 is 27.0 Å². The van der Waals surface area contributed by atoms with Gasteiger partial charge in [0.15, 0.2) is 5.75 Å². The topological polar surface area (TPSA) is 48.3 Å². The van der Waals surface area contributed by atoms with E-state index in [0.717, 1.165) is 0 Å². The zero-order valence-electron chi connectivity index (χ0n) is 12.1. The molecule has 0 aliphatic heterocycles. The summed E-state index contributed by atoms with van der Waals surface area (Å²) in [6.07, 6.45) is -2.27. The summed E-state index contributed by atoms with van der Waals surface area (Å²) in [5, 5.41) is 7.02. The van der Waals surface area contributed by atoms with Crippen LogP contribution in [0.3, 0.4) is 0 Å². The summed E-state index contributed by atoms with van der Waals surface area (Å²) in [4.78, 5) is 0. The predicted molar refractivity (Wildman–Crippen MR) is 67.9 cm³/mol. The Balaban J connectivity index is 2.72. The lowest BCUT2D eigenvalue weighted by molar-refractivity contribution is -0.167. The molecule has 21 heavy (non-hydrogen) atoms. The summed E-state index contributed by atoms with van der Waals surface area (Å²) in [5.41, 5.74) is 0.597. The highest BCUT2D eigenvalue weighted by molar-refractivity contribution is 5.28. The van der Waals surface area contributed by atoms with Crippen LogP contribution >= 0.6 is 0 Å². The standard InChI is InChI=1S/C12H19F4N3O2/c1-4-17-8(6-21-7-12(15,16)11(13)14)10-9(20-3)5-18-19(10)2/h5,8,11,17H,4,6-7H2,1-3H3. The van der Waals surface area contributed by atoms with E-state index in [9.17, 15) is 17.6 Å². The first-order valence-corrected chi connectivity index (χ1v) is 6.36. The summed E-state index contributed by atoms with van der Waals surface area (Å²) in [5.74, 6) is -3.69. The Morgan fingerprint density at radius 3 is 2.62 bits per heavy atom. The maximum atomic E-state index is 12.8. The molecule has 5 nitrogen and oxygen atoms in total. The van der Waals surface area contributed by atoms with E-state index in [0.29, 0.717) is 18.0 Å². The molecule has 1 aromatic rings. The van der Waals surface area contributed by atoms with E-state index in [1.165, 1.54) is 18.0 Å². The molecule has 0 aromatic carbocycles. The maximum absolute atomic E-state index is 12.8. The molecule has 1 atom stereocenters. The van der Waals surface area contributed by atoms with Crippen molar-refractivity contribution in [3.05, 3.63) is 11.9 Å². The largest absolute Gasteiger partial charge is 0.493 e. The van der Waals surface area contributed by atoms with Crippen molar-refractivity contribution in [3.63, 3.8) is 0 Å². The van der Waals surface area contributed by atoms with Gasteiger partial charge in [-0.2, -0.15) is 13.9 Å². The molecular formula is C12H19F4N3O2. The monoisotopic (exact) mass is 313 g/mol. The van der Waals surface area contributed by atoms with Crippen molar-refractivity contribution in [2.75, 3.05) is 26.9 Å². The van der Waals surface area contributed by atoms with Gasteiger partial charge in [-0.25, -0.2) is 8.78 Å². The Hall–Kier alpha value is -1.35. The fourth-order valence-corrected chi connectivity index (χ4v) is 1.84. The fraction of sp³-hybridized carbons (Fsp3) is 0.750. The van der Waals surface area contributed by atoms with Gasteiger partial charge in [-0.15, -0.1) is 0 Å². The summed E-state index contributed by atoms with van der Waals surface area (Å²) in [6, 6.07) is -0.495. The zero-order chi connectivity index (χ0) is 16.0. The number of alkyl halides is 4. The first-order chi connectivity index (χ1) is 9.83. The van der Waals surface area contributed by atoms with Crippen LogP contribution in [-0.4, -0.2) is 49.0 Å². The van der Waals surface area contributed by atoms with Gasteiger partial charge in [-0.3, -0.25) is 4.68 Å². The van der Waals surface area contributed by atoms with Crippen LogP contribution in [0, 0.1) is 0 Å². The maximum Gasteiger partial charge on any atom is 0.330 e. The number of hydrogen-bond acceptors (Lipinski definition) is 4. The molecule has 1 rings (SSSR count). The molecule has 0 aliphatic rings. The first-order valence-electron chi connectivity index (χ1n) is 6.36.